The van der Waals surface area contributed by atoms with Crippen LogP contribution in [0.4, 0.5) is 0 Å². The largest absolute Gasteiger partial charge is 0.367 e. The average Bonchev–Trinajstić information content (AvgIpc) is 2.64. The SMILES string of the molecule is CC(C)C(CN)C(c1cc[nH]c1)N(C)C. The van der Waals surface area contributed by atoms with Crippen LogP contribution in [-0.4, -0.2) is 30.5 Å². The van der Waals surface area contributed by atoms with Crippen molar-refractivity contribution in [3.8, 4) is 0 Å². The Morgan fingerprint density at radius 2 is 2.07 bits per heavy atom. The van der Waals surface area contributed by atoms with Gasteiger partial charge in [0.15, 0.2) is 0 Å². The van der Waals surface area contributed by atoms with Crippen LogP contribution in [0.2, 0.25) is 0 Å². The molecule has 0 spiro atoms. The van der Waals surface area contributed by atoms with Crippen molar-refractivity contribution in [3.63, 3.8) is 0 Å². The van der Waals surface area contributed by atoms with Crippen LogP contribution in [-0.2, 0) is 0 Å². The van der Waals surface area contributed by atoms with Gasteiger partial charge in [0.1, 0.15) is 0 Å². The summed E-state index contributed by atoms with van der Waals surface area (Å²) in [4.78, 5) is 5.37. The van der Waals surface area contributed by atoms with Crippen LogP contribution in [0.1, 0.15) is 25.5 Å². The molecule has 0 aliphatic rings. The fourth-order valence-corrected chi connectivity index (χ4v) is 2.21. The average molecular weight is 209 g/mol. The number of nitrogens with two attached hydrogens (primary N) is 1. The maximum atomic E-state index is 5.88. The van der Waals surface area contributed by atoms with Gasteiger partial charge in [-0.25, -0.2) is 0 Å². The first-order valence-electron chi connectivity index (χ1n) is 5.57. The van der Waals surface area contributed by atoms with Crippen LogP contribution in [0.3, 0.4) is 0 Å². The number of aromatic nitrogens is 1. The highest BCUT2D eigenvalue weighted by Gasteiger charge is 2.26. The maximum absolute atomic E-state index is 5.88. The number of nitrogens with one attached hydrogen (secondary N) is 1. The Labute approximate surface area is 92.7 Å². The van der Waals surface area contributed by atoms with Crippen molar-refractivity contribution in [1.82, 2.24) is 9.88 Å². The van der Waals surface area contributed by atoms with Gasteiger partial charge >= 0.3 is 0 Å². The van der Waals surface area contributed by atoms with Crippen molar-refractivity contribution in [2.75, 3.05) is 20.6 Å². The van der Waals surface area contributed by atoms with Gasteiger partial charge in [-0.2, -0.15) is 0 Å². The van der Waals surface area contributed by atoms with Crippen LogP contribution >= 0.6 is 0 Å². The Bertz CT molecular complexity index is 264. The minimum absolute atomic E-state index is 0.404. The molecule has 15 heavy (non-hydrogen) atoms. The third-order valence-electron chi connectivity index (χ3n) is 3.05. The number of nitrogens with zero attached hydrogens (tertiary/aromatic N) is 1. The third kappa shape index (κ3) is 2.83. The fourth-order valence-electron chi connectivity index (χ4n) is 2.21. The summed E-state index contributed by atoms with van der Waals surface area (Å²) in [5.41, 5.74) is 7.20. The summed E-state index contributed by atoms with van der Waals surface area (Å²) in [6.07, 6.45) is 4.04. The Hall–Kier alpha value is -0.800. The molecule has 3 N–H and O–H groups in total. The van der Waals surface area contributed by atoms with E-state index in [1.807, 2.05) is 6.20 Å². The predicted molar refractivity (Wildman–Crippen MR) is 64.6 cm³/mol. The Balaban J connectivity index is 2.91. The highest BCUT2D eigenvalue weighted by molar-refractivity contribution is 5.15. The second-order valence-corrected chi connectivity index (χ2v) is 4.70. The molecule has 86 valence electrons. The minimum atomic E-state index is 0.404. The van der Waals surface area contributed by atoms with Gasteiger partial charge in [-0.1, -0.05) is 13.8 Å². The molecule has 0 bridgehead atoms. The van der Waals surface area contributed by atoms with Gasteiger partial charge in [-0.15, -0.1) is 0 Å². The molecule has 0 aromatic carbocycles. The first-order valence-corrected chi connectivity index (χ1v) is 5.57. The van der Waals surface area contributed by atoms with Gasteiger partial charge in [0, 0.05) is 18.4 Å². The second-order valence-electron chi connectivity index (χ2n) is 4.70. The van der Waals surface area contributed by atoms with Gasteiger partial charge in [0.05, 0.1) is 0 Å². The summed E-state index contributed by atoms with van der Waals surface area (Å²) in [6, 6.07) is 2.54. The second kappa shape index (κ2) is 5.33. The van der Waals surface area contributed by atoms with Crippen molar-refractivity contribution in [2.24, 2.45) is 17.6 Å². The zero-order valence-electron chi connectivity index (χ0n) is 10.2. The van der Waals surface area contributed by atoms with Crippen molar-refractivity contribution in [1.29, 1.82) is 0 Å². The molecule has 1 heterocycles. The van der Waals surface area contributed by atoms with Crippen LogP contribution in [0.25, 0.3) is 0 Å². The van der Waals surface area contributed by atoms with Crippen molar-refractivity contribution >= 4 is 0 Å². The normalized spacial score (nSPS) is 15.9. The molecule has 0 aliphatic carbocycles. The molecule has 2 unspecified atom stereocenters. The molecule has 3 nitrogen and oxygen atoms in total. The van der Waals surface area contributed by atoms with E-state index in [0.717, 1.165) is 6.54 Å². The third-order valence-corrected chi connectivity index (χ3v) is 3.05. The van der Waals surface area contributed by atoms with E-state index in [2.05, 4.69) is 50.1 Å². The van der Waals surface area contributed by atoms with Crippen molar-refractivity contribution in [3.05, 3.63) is 24.0 Å². The molecule has 1 rings (SSSR count). The highest BCUT2D eigenvalue weighted by Crippen LogP contribution is 2.30. The van der Waals surface area contributed by atoms with E-state index in [1.165, 1.54) is 5.56 Å². The molecule has 0 saturated heterocycles. The summed E-state index contributed by atoms with van der Waals surface area (Å²) in [6.45, 7) is 5.20. The fraction of sp³-hybridized carbons (Fsp3) is 0.667. The summed E-state index contributed by atoms with van der Waals surface area (Å²) >= 11 is 0. The number of rotatable bonds is 5. The molecule has 0 fully saturated rings. The number of hydrogen-bond donors (Lipinski definition) is 2. The molecule has 0 radical (unpaired) electrons. The molecular weight excluding hydrogens is 186 g/mol. The van der Waals surface area contributed by atoms with Crippen LogP contribution < -0.4 is 5.73 Å². The summed E-state index contributed by atoms with van der Waals surface area (Å²) in [5.74, 6) is 1.09. The molecule has 2 atom stereocenters. The number of aromatic amines is 1. The summed E-state index contributed by atoms with van der Waals surface area (Å²) in [5, 5.41) is 0. The van der Waals surface area contributed by atoms with Gasteiger partial charge in [-0.05, 0) is 44.1 Å². The van der Waals surface area contributed by atoms with Crippen LogP contribution in [0.15, 0.2) is 18.5 Å². The first kappa shape index (κ1) is 12.3. The summed E-state index contributed by atoms with van der Waals surface area (Å²) in [7, 11) is 4.23. The lowest BCUT2D eigenvalue weighted by atomic mass is 9.85. The van der Waals surface area contributed by atoms with Gasteiger partial charge in [0.25, 0.3) is 0 Å². The number of hydrogen-bond acceptors (Lipinski definition) is 2. The zero-order chi connectivity index (χ0) is 11.4. The topological polar surface area (TPSA) is 45.1 Å². The van der Waals surface area contributed by atoms with Crippen molar-refractivity contribution < 1.29 is 0 Å². The van der Waals surface area contributed by atoms with E-state index < -0.39 is 0 Å². The lowest BCUT2D eigenvalue weighted by Gasteiger charge is -2.33. The molecule has 1 aromatic rings. The smallest absolute Gasteiger partial charge is 0.0399 e. The Morgan fingerprint density at radius 1 is 1.40 bits per heavy atom. The van der Waals surface area contributed by atoms with Gasteiger partial charge in [0.2, 0.25) is 0 Å². The first-order chi connectivity index (χ1) is 7.07. The van der Waals surface area contributed by atoms with E-state index in [0.29, 0.717) is 17.9 Å². The molecule has 0 amide bonds. The quantitative estimate of drug-likeness (QED) is 0.777. The van der Waals surface area contributed by atoms with E-state index >= 15 is 0 Å². The molecule has 1 aromatic heterocycles. The van der Waals surface area contributed by atoms with E-state index in [4.69, 9.17) is 5.73 Å². The standard InChI is InChI=1S/C12H23N3/c1-9(2)11(7-13)12(15(3)4)10-5-6-14-8-10/h5-6,8-9,11-12,14H,7,13H2,1-4H3. The molecule has 3 heteroatoms. The number of H-pyrrole nitrogens is 1. The molecule has 0 saturated carbocycles. The lowest BCUT2D eigenvalue weighted by Crippen LogP contribution is -2.34. The molecular formula is C12H23N3. The maximum Gasteiger partial charge on any atom is 0.0399 e. The van der Waals surface area contributed by atoms with Crippen LogP contribution in [0, 0.1) is 11.8 Å². The molecule has 0 aliphatic heterocycles. The predicted octanol–water partition coefficient (Wildman–Crippen LogP) is 1.85. The Kier molecular flexibility index (Phi) is 4.36. The lowest BCUT2D eigenvalue weighted by molar-refractivity contribution is 0.176. The van der Waals surface area contributed by atoms with E-state index in [9.17, 15) is 0 Å². The van der Waals surface area contributed by atoms with Crippen molar-refractivity contribution in [2.45, 2.75) is 19.9 Å². The zero-order valence-corrected chi connectivity index (χ0v) is 10.2. The monoisotopic (exact) mass is 209 g/mol. The van der Waals surface area contributed by atoms with Gasteiger partial charge < -0.3 is 15.6 Å². The minimum Gasteiger partial charge on any atom is -0.367 e. The van der Waals surface area contributed by atoms with Gasteiger partial charge in [-0.3, -0.25) is 0 Å². The summed E-state index contributed by atoms with van der Waals surface area (Å²) < 4.78 is 0. The highest BCUT2D eigenvalue weighted by atomic mass is 15.1. The van der Waals surface area contributed by atoms with Crippen LogP contribution in [0.5, 0.6) is 0 Å². The Morgan fingerprint density at radius 3 is 2.40 bits per heavy atom. The van der Waals surface area contributed by atoms with E-state index in [1.54, 1.807) is 0 Å². The van der Waals surface area contributed by atoms with E-state index in [-0.39, 0.29) is 0 Å².